The fourth-order valence-electron chi connectivity index (χ4n) is 5.37. The maximum atomic E-state index is 13.4. The first-order valence-electron chi connectivity index (χ1n) is 13.7. The molecule has 1 fully saturated rings. The highest BCUT2D eigenvalue weighted by molar-refractivity contribution is 5.95. The van der Waals surface area contributed by atoms with E-state index >= 15 is 0 Å². The topological polar surface area (TPSA) is 109 Å². The van der Waals surface area contributed by atoms with Gasteiger partial charge in [-0.1, -0.05) is 36.4 Å². The molecule has 10 heteroatoms. The number of anilines is 2. The third kappa shape index (κ3) is 4.72. The van der Waals surface area contributed by atoms with Crippen LogP contribution in [0.2, 0.25) is 0 Å². The number of fused-ring (bicyclic) bond motifs is 2. The molecule has 1 aromatic carbocycles. The zero-order valence-electron chi connectivity index (χ0n) is 22.7. The molecule has 1 N–H and O–H groups in total. The summed E-state index contributed by atoms with van der Waals surface area (Å²) in [5.41, 5.74) is 4.95. The van der Waals surface area contributed by atoms with Crippen molar-refractivity contribution in [2.24, 2.45) is 0 Å². The predicted molar refractivity (Wildman–Crippen MR) is 161 cm³/mol. The maximum Gasteiger partial charge on any atom is 0.413 e. The standard InChI is InChI=1S/C32H27N7O3/c40-31-28-17-33-16-27(23-5-2-1-3-6-23)26(28)10-14-37(31)20-24-21-38-18-22(7-8-29(38)35-24)19-39(32(41)42)30-15-25(9-11-34-30)36-12-4-13-36/h1-3,5-11,14-18,21H,4,12-13,19-20H2,(H,41,42). The van der Waals surface area contributed by atoms with E-state index in [1.54, 1.807) is 29.4 Å². The van der Waals surface area contributed by atoms with Gasteiger partial charge in [-0.2, -0.15) is 0 Å². The van der Waals surface area contributed by atoms with Crippen LogP contribution < -0.4 is 15.4 Å². The molecule has 42 heavy (non-hydrogen) atoms. The van der Waals surface area contributed by atoms with Crippen LogP contribution in [0.3, 0.4) is 0 Å². The molecule has 0 aliphatic carbocycles. The van der Waals surface area contributed by atoms with Gasteiger partial charge in [-0.15, -0.1) is 0 Å². The Morgan fingerprint density at radius 1 is 0.976 bits per heavy atom. The van der Waals surface area contributed by atoms with E-state index in [4.69, 9.17) is 4.98 Å². The first-order valence-corrected chi connectivity index (χ1v) is 13.7. The number of hydrogen-bond acceptors (Lipinski definition) is 6. The maximum absolute atomic E-state index is 13.4. The molecule has 0 bridgehead atoms. The van der Waals surface area contributed by atoms with E-state index in [0.717, 1.165) is 47.3 Å². The Hall–Kier alpha value is -5.51. The molecular formula is C32H27N7O3. The summed E-state index contributed by atoms with van der Waals surface area (Å²) in [6, 6.07) is 19.3. The van der Waals surface area contributed by atoms with Gasteiger partial charge in [0.25, 0.3) is 5.56 Å². The molecule has 10 nitrogen and oxygen atoms in total. The second kappa shape index (κ2) is 10.5. The van der Waals surface area contributed by atoms with Gasteiger partial charge in [0.1, 0.15) is 11.5 Å². The number of benzene rings is 1. The van der Waals surface area contributed by atoms with E-state index in [9.17, 15) is 14.7 Å². The lowest BCUT2D eigenvalue weighted by Gasteiger charge is -2.33. The number of pyridine rings is 4. The lowest BCUT2D eigenvalue weighted by molar-refractivity contribution is 0.201. The first-order chi connectivity index (χ1) is 20.5. The summed E-state index contributed by atoms with van der Waals surface area (Å²) in [5.74, 6) is 0.388. The molecule has 6 heterocycles. The van der Waals surface area contributed by atoms with Gasteiger partial charge < -0.3 is 19.0 Å². The lowest BCUT2D eigenvalue weighted by Crippen LogP contribution is -2.37. The molecule has 208 valence electrons. The Labute approximate surface area is 240 Å². The monoisotopic (exact) mass is 557 g/mol. The predicted octanol–water partition coefficient (Wildman–Crippen LogP) is 5.05. The largest absolute Gasteiger partial charge is 0.465 e. The summed E-state index contributed by atoms with van der Waals surface area (Å²) in [7, 11) is 0. The van der Waals surface area contributed by atoms with Crippen molar-refractivity contribution in [2.45, 2.75) is 19.5 Å². The summed E-state index contributed by atoms with van der Waals surface area (Å²) in [5, 5.41) is 11.4. The van der Waals surface area contributed by atoms with E-state index in [2.05, 4.69) is 14.9 Å². The minimum atomic E-state index is -1.07. The van der Waals surface area contributed by atoms with E-state index < -0.39 is 6.09 Å². The Balaban J connectivity index is 1.15. The van der Waals surface area contributed by atoms with Crippen LogP contribution in [0.4, 0.5) is 16.3 Å². The van der Waals surface area contributed by atoms with Crippen molar-refractivity contribution in [3.05, 3.63) is 119 Å². The minimum Gasteiger partial charge on any atom is -0.465 e. The van der Waals surface area contributed by atoms with Crippen LogP contribution in [0.15, 0.2) is 103 Å². The summed E-state index contributed by atoms with van der Waals surface area (Å²) in [6.45, 7) is 2.35. The smallest absolute Gasteiger partial charge is 0.413 e. The van der Waals surface area contributed by atoms with Gasteiger partial charge in [0.05, 0.1) is 24.2 Å². The van der Waals surface area contributed by atoms with Crippen molar-refractivity contribution < 1.29 is 9.90 Å². The highest BCUT2D eigenvalue weighted by Gasteiger charge is 2.20. The third-order valence-corrected chi connectivity index (χ3v) is 7.68. The normalized spacial score (nSPS) is 12.9. The van der Waals surface area contributed by atoms with Crippen LogP contribution in [0.5, 0.6) is 0 Å². The number of aromatic nitrogens is 5. The van der Waals surface area contributed by atoms with Gasteiger partial charge >= 0.3 is 6.09 Å². The highest BCUT2D eigenvalue weighted by Crippen LogP contribution is 2.27. The zero-order valence-corrected chi connectivity index (χ0v) is 22.7. The summed E-state index contributed by atoms with van der Waals surface area (Å²) < 4.78 is 3.49. The number of rotatable bonds is 7. The fourth-order valence-corrected chi connectivity index (χ4v) is 5.37. The number of carboxylic acid groups (broad SMARTS) is 1. The quantitative estimate of drug-likeness (QED) is 0.293. The number of amides is 1. The molecule has 1 amide bonds. The third-order valence-electron chi connectivity index (χ3n) is 7.68. The van der Waals surface area contributed by atoms with Crippen molar-refractivity contribution in [1.29, 1.82) is 0 Å². The molecular weight excluding hydrogens is 530 g/mol. The Bertz CT molecular complexity index is 2000. The van der Waals surface area contributed by atoms with Crippen molar-refractivity contribution in [3.8, 4) is 11.1 Å². The molecule has 6 aromatic rings. The second-order valence-corrected chi connectivity index (χ2v) is 10.4. The summed E-state index contributed by atoms with van der Waals surface area (Å²) in [4.78, 5) is 42.4. The van der Waals surface area contributed by atoms with Gasteiger partial charge in [0, 0.05) is 67.6 Å². The van der Waals surface area contributed by atoms with Crippen molar-refractivity contribution >= 4 is 34.0 Å². The molecule has 1 aliphatic rings. The summed E-state index contributed by atoms with van der Waals surface area (Å²) >= 11 is 0. The summed E-state index contributed by atoms with van der Waals surface area (Å²) in [6.07, 6.45) is 10.6. The zero-order chi connectivity index (χ0) is 28.6. The molecule has 7 rings (SSSR count). The molecule has 0 saturated carbocycles. The molecule has 1 aliphatic heterocycles. The Morgan fingerprint density at radius 3 is 2.62 bits per heavy atom. The van der Waals surface area contributed by atoms with Crippen molar-refractivity contribution in [2.75, 3.05) is 22.9 Å². The highest BCUT2D eigenvalue weighted by atomic mass is 16.4. The van der Waals surface area contributed by atoms with E-state index in [0.29, 0.717) is 22.5 Å². The second-order valence-electron chi connectivity index (χ2n) is 10.4. The molecule has 0 atom stereocenters. The SMILES string of the molecule is O=C(O)N(Cc1ccc2nc(Cn3ccc4c(-c5ccccc5)cncc4c3=O)cn2c1)c1cc(N2CCC2)ccn1. The van der Waals surface area contributed by atoms with E-state index in [1.165, 1.54) is 4.90 Å². The molecule has 0 spiro atoms. The van der Waals surface area contributed by atoms with Crippen molar-refractivity contribution in [1.82, 2.24) is 23.9 Å². The van der Waals surface area contributed by atoms with Gasteiger partial charge in [0.15, 0.2) is 0 Å². The van der Waals surface area contributed by atoms with E-state index in [1.807, 2.05) is 77.5 Å². The lowest BCUT2D eigenvalue weighted by atomic mass is 10.0. The van der Waals surface area contributed by atoms with Crippen molar-refractivity contribution in [3.63, 3.8) is 0 Å². The van der Waals surface area contributed by atoms with Crippen LogP contribution in [0.25, 0.3) is 27.5 Å². The van der Waals surface area contributed by atoms with E-state index in [-0.39, 0.29) is 18.6 Å². The van der Waals surface area contributed by atoms with Crippen LogP contribution >= 0.6 is 0 Å². The average molecular weight is 558 g/mol. The molecule has 0 radical (unpaired) electrons. The van der Waals surface area contributed by atoms with Crippen LogP contribution in [-0.4, -0.2) is 48.2 Å². The number of nitrogens with zero attached hydrogens (tertiary/aromatic N) is 7. The van der Waals surface area contributed by atoms with Crippen LogP contribution in [-0.2, 0) is 13.1 Å². The minimum absolute atomic E-state index is 0.135. The Morgan fingerprint density at radius 2 is 1.83 bits per heavy atom. The molecule has 5 aromatic heterocycles. The Kier molecular flexibility index (Phi) is 6.35. The average Bonchev–Trinajstić information content (AvgIpc) is 3.38. The van der Waals surface area contributed by atoms with Crippen LogP contribution in [0.1, 0.15) is 17.7 Å². The number of imidazole rings is 1. The fraction of sp³-hybridized carbons (Fsp3) is 0.156. The van der Waals surface area contributed by atoms with Gasteiger partial charge in [0.2, 0.25) is 0 Å². The van der Waals surface area contributed by atoms with Gasteiger partial charge in [-0.05, 0) is 41.1 Å². The molecule has 0 unspecified atom stereocenters. The molecule has 1 saturated heterocycles. The number of carbonyl (C=O) groups is 1. The van der Waals surface area contributed by atoms with Gasteiger partial charge in [-0.3, -0.25) is 14.7 Å². The number of hydrogen-bond donors (Lipinski definition) is 1. The first kappa shape index (κ1) is 25.5. The van der Waals surface area contributed by atoms with Crippen LogP contribution in [0, 0.1) is 0 Å². The van der Waals surface area contributed by atoms with Gasteiger partial charge in [-0.25, -0.2) is 14.8 Å².